The summed E-state index contributed by atoms with van der Waals surface area (Å²) in [6, 6.07) is 4.97. The van der Waals surface area contributed by atoms with Crippen LogP contribution in [0.5, 0.6) is 0 Å². The van der Waals surface area contributed by atoms with Crippen molar-refractivity contribution in [2.24, 2.45) is 0 Å². The molecule has 2 aliphatic heterocycles. The number of urea groups is 1. The van der Waals surface area contributed by atoms with Crippen LogP contribution >= 0.6 is 0 Å². The molecule has 0 aliphatic carbocycles. The van der Waals surface area contributed by atoms with Crippen LogP contribution in [0.25, 0.3) is 5.57 Å². The summed E-state index contributed by atoms with van der Waals surface area (Å²) in [5, 5.41) is 11.6. The van der Waals surface area contributed by atoms with E-state index in [1.807, 2.05) is 31.3 Å². The van der Waals surface area contributed by atoms with Gasteiger partial charge in [-0.15, -0.1) is 0 Å². The minimum absolute atomic E-state index is 0.0414. The zero-order chi connectivity index (χ0) is 17.8. The molecule has 25 heavy (non-hydrogen) atoms. The molecule has 3 amide bonds. The lowest BCUT2D eigenvalue weighted by molar-refractivity contribution is -0.129. The Kier molecular flexibility index (Phi) is 4.98. The Morgan fingerprint density at radius 2 is 2.36 bits per heavy atom. The molecular weight excluding hydrogens is 318 g/mol. The van der Waals surface area contributed by atoms with Crippen molar-refractivity contribution in [1.29, 1.82) is 5.26 Å². The molecule has 1 aromatic heterocycles. The Morgan fingerprint density at radius 1 is 1.52 bits per heavy atom. The van der Waals surface area contributed by atoms with Crippen molar-refractivity contribution in [1.82, 2.24) is 20.1 Å². The molecule has 3 heterocycles. The number of hydrogen-bond donors (Lipinski definition) is 1. The maximum Gasteiger partial charge on any atom is 0.322 e. The first-order valence-electron chi connectivity index (χ1n) is 8.46. The molecule has 0 bridgehead atoms. The van der Waals surface area contributed by atoms with Crippen molar-refractivity contribution in [2.75, 3.05) is 13.1 Å². The van der Waals surface area contributed by atoms with E-state index in [4.69, 9.17) is 5.26 Å². The number of allylic oxidation sites excluding steroid dienone is 1. The van der Waals surface area contributed by atoms with Gasteiger partial charge in [0.2, 0.25) is 5.91 Å². The molecule has 2 aliphatic rings. The van der Waals surface area contributed by atoms with Crippen molar-refractivity contribution in [3.63, 3.8) is 0 Å². The number of likely N-dealkylation sites (tertiary alicyclic amines) is 1. The molecular formula is C18H21N5O2. The molecule has 0 saturated carbocycles. The van der Waals surface area contributed by atoms with Crippen LogP contribution in [0, 0.1) is 11.3 Å². The highest BCUT2D eigenvalue weighted by molar-refractivity contribution is 5.90. The van der Waals surface area contributed by atoms with E-state index >= 15 is 0 Å². The molecule has 1 N–H and O–H groups in total. The SMILES string of the molecule is CC1CC(NC(=O)N2C=C(c3cccnc3)CCC2)C(=O)N1CC#N. The quantitative estimate of drug-likeness (QED) is 0.850. The van der Waals surface area contributed by atoms with Crippen LogP contribution in [0.15, 0.2) is 30.7 Å². The first-order valence-corrected chi connectivity index (χ1v) is 8.46. The van der Waals surface area contributed by atoms with E-state index in [0.717, 1.165) is 24.0 Å². The third kappa shape index (κ3) is 3.63. The average Bonchev–Trinajstić information content (AvgIpc) is 2.90. The summed E-state index contributed by atoms with van der Waals surface area (Å²) in [6.45, 7) is 2.57. The topological polar surface area (TPSA) is 89.3 Å². The molecule has 1 fully saturated rings. The van der Waals surface area contributed by atoms with Crippen LogP contribution in [-0.4, -0.2) is 51.9 Å². The van der Waals surface area contributed by atoms with E-state index in [0.29, 0.717) is 13.0 Å². The number of nitriles is 1. The first kappa shape index (κ1) is 17.0. The van der Waals surface area contributed by atoms with E-state index in [9.17, 15) is 9.59 Å². The van der Waals surface area contributed by atoms with Crippen LogP contribution in [0.2, 0.25) is 0 Å². The Morgan fingerprint density at radius 3 is 3.08 bits per heavy atom. The number of nitrogens with zero attached hydrogens (tertiary/aromatic N) is 4. The molecule has 1 aromatic rings. The van der Waals surface area contributed by atoms with E-state index in [1.165, 1.54) is 4.90 Å². The largest absolute Gasteiger partial charge is 0.326 e. The van der Waals surface area contributed by atoms with E-state index in [-0.39, 0.29) is 24.5 Å². The lowest BCUT2D eigenvalue weighted by Crippen LogP contribution is -2.47. The fraction of sp³-hybridized carbons (Fsp3) is 0.444. The van der Waals surface area contributed by atoms with Crippen molar-refractivity contribution < 1.29 is 9.59 Å². The Labute approximate surface area is 146 Å². The Hall–Kier alpha value is -2.88. The van der Waals surface area contributed by atoms with Gasteiger partial charge in [0, 0.05) is 31.2 Å². The molecule has 0 radical (unpaired) electrons. The maximum absolute atomic E-state index is 12.6. The fourth-order valence-corrected chi connectivity index (χ4v) is 3.34. The molecule has 2 unspecified atom stereocenters. The minimum Gasteiger partial charge on any atom is -0.326 e. The summed E-state index contributed by atoms with van der Waals surface area (Å²) in [7, 11) is 0. The predicted octanol–water partition coefficient (Wildman–Crippen LogP) is 1.74. The summed E-state index contributed by atoms with van der Waals surface area (Å²) in [5.74, 6) is -0.184. The van der Waals surface area contributed by atoms with Crippen molar-refractivity contribution in [3.8, 4) is 6.07 Å². The van der Waals surface area contributed by atoms with Gasteiger partial charge in [-0.2, -0.15) is 5.26 Å². The van der Waals surface area contributed by atoms with Gasteiger partial charge in [-0.05, 0) is 43.4 Å². The number of amides is 3. The second-order valence-corrected chi connectivity index (χ2v) is 6.40. The van der Waals surface area contributed by atoms with Crippen LogP contribution in [0.4, 0.5) is 4.79 Å². The van der Waals surface area contributed by atoms with Gasteiger partial charge < -0.3 is 15.1 Å². The van der Waals surface area contributed by atoms with Gasteiger partial charge in [0.1, 0.15) is 12.6 Å². The predicted molar refractivity (Wildman–Crippen MR) is 91.9 cm³/mol. The lowest BCUT2D eigenvalue weighted by atomic mass is 10.0. The second kappa shape index (κ2) is 7.34. The zero-order valence-electron chi connectivity index (χ0n) is 14.2. The summed E-state index contributed by atoms with van der Waals surface area (Å²) in [6.07, 6.45) is 7.63. The highest BCUT2D eigenvalue weighted by Crippen LogP contribution is 2.25. The summed E-state index contributed by atoms with van der Waals surface area (Å²) in [5.41, 5.74) is 2.07. The summed E-state index contributed by atoms with van der Waals surface area (Å²) < 4.78 is 0. The molecule has 7 nitrogen and oxygen atoms in total. The highest BCUT2D eigenvalue weighted by Gasteiger charge is 2.38. The molecule has 3 rings (SSSR count). The Bertz CT molecular complexity index is 725. The number of aromatic nitrogens is 1. The molecule has 0 spiro atoms. The van der Waals surface area contributed by atoms with Crippen LogP contribution in [0.3, 0.4) is 0 Å². The normalized spacial score (nSPS) is 23.2. The van der Waals surface area contributed by atoms with Gasteiger partial charge in [-0.25, -0.2) is 4.79 Å². The molecule has 2 atom stereocenters. The third-order valence-electron chi connectivity index (χ3n) is 4.68. The van der Waals surface area contributed by atoms with Crippen molar-refractivity contribution >= 4 is 17.5 Å². The summed E-state index contributed by atoms with van der Waals surface area (Å²) >= 11 is 0. The van der Waals surface area contributed by atoms with Crippen molar-refractivity contribution in [3.05, 3.63) is 36.3 Å². The number of rotatable bonds is 3. The molecule has 130 valence electrons. The van der Waals surface area contributed by atoms with E-state index < -0.39 is 6.04 Å². The monoisotopic (exact) mass is 339 g/mol. The smallest absolute Gasteiger partial charge is 0.322 e. The van der Waals surface area contributed by atoms with Gasteiger partial charge in [0.15, 0.2) is 0 Å². The average molecular weight is 339 g/mol. The van der Waals surface area contributed by atoms with Gasteiger partial charge in [-0.1, -0.05) is 6.07 Å². The Balaban J connectivity index is 1.67. The van der Waals surface area contributed by atoms with Gasteiger partial charge in [0.05, 0.1) is 6.07 Å². The number of carbonyl (C=O) groups is 2. The second-order valence-electron chi connectivity index (χ2n) is 6.40. The van der Waals surface area contributed by atoms with Gasteiger partial charge in [-0.3, -0.25) is 9.78 Å². The van der Waals surface area contributed by atoms with Crippen molar-refractivity contribution in [2.45, 2.75) is 38.3 Å². The third-order valence-corrected chi connectivity index (χ3v) is 4.68. The molecule has 1 saturated heterocycles. The number of nitrogens with one attached hydrogen (secondary N) is 1. The number of carbonyl (C=O) groups excluding carboxylic acids is 2. The maximum atomic E-state index is 12.6. The van der Waals surface area contributed by atoms with Gasteiger partial charge in [0.25, 0.3) is 0 Å². The van der Waals surface area contributed by atoms with Crippen LogP contribution in [-0.2, 0) is 4.79 Å². The lowest BCUT2D eigenvalue weighted by Gasteiger charge is -2.26. The molecule has 7 heteroatoms. The number of hydrogen-bond acceptors (Lipinski definition) is 4. The fourth-order valence-electron chi connectivity index (χ4n) is 3.34. The zero-order valence-corrected chi connectivity index (χ0v) is 14.2. The minimum atomic E-state index is -0.562. The highest BCUT2D eigenvalue weighted by atomic mass is 16.2. The number of pyridine rings is 1. The summed E-state index contributed by atoms with van der Waals surface area (Å²) in [4.78, 5) is 32.1. The van der Waals surface area contributed by atoms with Gasteiger partial charge >= 0.3 is 6.03 Å². The van der Waals surface area contributed by atoms with E-state index in [2.05, 4.69) is 10.3 Å². The first-order chi connectivity index (χ1) is 12.1. The van der Waals surface area contributed by atoms with Crippen LogP contribution < -0.4 is 5.32 Å². The molecule has 0 aromatic carbocycles. The van der Waals surface area contributed by atoms with Crippen LogP contribution in [0.1, 0.15) is 31.7 Å². The standard InChI is InChI=1S/C18H21N5O2/c1-13-10-16(17(24)23(13)9-6-19)21-18(25)22-8-3-5-15(12-22)14-4-2-7-20-11-14/h2,4,7,11-13,16H,3,5,8-10H2,1H3,(H,21,25). The van der Waals surface area contributed by atoms with E-state index in [1.54, 1.807) is 17.3 Å².